The summed E-state index contributed by atoms with van der Waals surface area (Å²) < 4.78 is 81.6. The fraction of sp³-hybridized carbons (Fsp3) is 0.238. The van der Waals surface area contributed by atoms with Crippen LogP contribution in [0, 0.1) is 5.95 Å². The number of aromatic nitrogens is 2. The second kappa shape index (κ2) is 7.92. The number of hydrogen-bond acceptors (Lipinski definition) is 4. The number of anilines is 1. The zero-order chi connectivity index (χ0) is 22.2. The van der Waals surface area contributed by atoms with Crippen molar-refractivity contribution in [3.8, 4) is 11.3 Å². The lowest BCUT2D eigenvalue weighted by Gasteiger charge is -2.28. The highest BCUT2D eigenvalue weighted by atomic mass is 32.2. The molecule has 0 bridgehead atoms. The molecule has 0 unspecified atom stereocenters. The van der Waals surface area contributed by atoms with Crippen molar-refractivity contribution in [2.75, 3.05) is 4.72 Å². The zero-order valence-corrected chi connectivity index (χ0v) is 16.8. The van der Waals surface area contributed by atoms with E-state index in [2.05, 4.69) is 14.7 Å². The quantitative estimate of drug-likeness (QED) is 0.418. The summed E-state index contributed by atoms with van der Waals surface area (Å²) in [6.07, 6.45) is -1.94. The molecule has 0 radical (unpaired) electrons. The molecule has 1 fully saturated rings. The minimum Gasteiger partial charge on any atom is -0.262 e. The first kappa shape index (κ1) is 21.2. The van der Waals surface area contributed by atoms with Crippen molar-refractivity contribution in [3.63, 3.8) is 0 Å². The number of benzene rings is 1. The fourth-order valence-corrected chi connectivity index (χ4v) is 4.43. The van der Waals surface area contributed by atoms with Crippen LogP contribution in [-0.4, -0.2) is 18.4 Å². The molecule has 1 saturated carbocycles. The Bertz CT molecular complexity index is 1230. The first-order chi connectivity index (χ1) is 14.6. The van der Waals surface area contributed by atoms with E-state index in [1.807, 2.05) is 0 Å². The first-order valence-corrected chi connectivity index (χ1v) is 11.0. The van der Waals surface area contributed by atoms with E-state index in [0.717, 1.165) is 55.2 Å². The SMILES string of the molecule is O=S(=O)(Nc1ccc(C(F)(F)F)c(-c2ccccc2C2CCC2)n1)c1cccc(F)n1. The molecule has 1 aliphatic rings. The number of halogens is 4. The van der Waals surface area contributed by atoms with Crippen LogP contribution in [-0.2, 0) is 16.2 Å². The first-order valence-electron chi connectivity index (χ1n) is 9.48. The topological polar surface area (TPSA) is 72.0 Å². The molecular formula is C21H17F4N3O2S. The lowest BCUT2D eigenvalue weighted by atomic mass is 9.77. The average molecular weight is 451 g/mol. The Kier molecular flexibility index (Phi) is 5.42. The Morgan fingerprint density at radius 3 is 2.32 bits per heavy atom. The summed E-state index contributed by atoms with van der Waals surface area (Å²) in [6.45, 7) is 0. The molecule has 31 heavy (non-hydrogen) atoms. The molecule has 3 aromatic rings. The molecule has 5 nitrogen and oxygen atoms in total. The molecule has 162 valence electrons. The average Bonchev–Trinajstić information content (AvgIpc) is 2.66. The molecule has 0 amide bonds. The Morgan fingerprint density at radius 1 is 0.935 bits per heavy atom. The number of alkyl halides is 3. The van der Waals surface area contributed by atoms with Gasteiger partial charge in [-0.1, -0.05) is 36.8 Å². The van der Waals surface area contributed by atoms with Crippen molar-refractivity contribution in [1.29, 1.82) is 0 Å². The summed E-state index contributed by atoms with van der Waals surface area (Å²) in [5.74, 6) is -1.19. The highest BCUT2D eigenvalue weighted by molar-refractivity contribution is 7.92. The van der Waals surface area contributed by atoms with Crippen LogP contribution in [0.1, 0.15) is 36.3 Å². The van der Waals surface area contributed by atoms with Crippen molar-refractivity contribution < 1.29 is 26.0 Å². The van der Waals surface area contributed by atoms with Crippen LogP contribution in [0.2, 0.25) is 0 Å². The van der Waals surface area contributed by atoms with Crippen LogP contribution in [0.25, 0.3) is 11.3 Å². The number of nitrogens with one attached hydrogen (secondary N) is 1. The second-order valence-corrected chi connectivity index (χ2v) is 8.84. The summed E-state index contributed by atoms with van der Waals surface area (Å²) in [5, 5.41) is -0.606. The van der Waals surface area contributed by atoms with Gasteiger partial charge in [-0.05, 0) is 48.6 Å². The lowest BCUT2D eigenvalue weighted by molar-refractivity contribution is -0.137. The van der Waals surface area contributed by atoms with Gasteiger partial charge < -0.3 is 0 Å². The van der Waals surface area contributed by atoms with Gasteiger partial charge in [-0.25, -0.2) is 9.97 Å². The molecule has 2 heterocycles. The second-order valence-electron chi connectivity index (χ2n) is 7.21. The maximum atomic E-state index is 13.7. The summed E-state index contributed by atoms with van der Waals surface area (Å²) >= 11 is 0. The van der Waals surface area contributed by atoms with E-state index in [1.165, 1.54) is 0 Å². The smallest absolute Gasteiger partial charge is 0.262 e. The van der Waals surface area contributed by atoms with Crippen LogP contribution in [0.5, 0.6) is 0 Å². The number of nitrogens with zero attached hydrogens (tertiary/aromatic N) is 2. The zero-order valence-electron chi connectivity index (χ0n) is 16.0. The molecule has 4 rings (SSSR count). The third-order valence-electron chi connectivity index (χ3n) is 5.17. The van der Waals surface area contributed by atoms with Gasteiger partial charge in [0, 0.05) is 5.56 Å². The van der Waals surface area contributed by atoms with Gasteiger partial charge in [0.05, 0.1) is 11.3 Å². The Morgan fingerprint density at radius 2 is 1.68 bits per heavy atom. The van der Waals surface area contributed by atoms with Crippen molar-refractivity contribution in [2.45, 2.75) is 36.4 Å². The minimum atomic E-state index is -4.68. The Labute approximate surface area is 176 Å². The van der Waals surface area contributed by atoms with Gasteiger partial charge in [0.2, 0.25) is 5.95 Å². The molecule has 0 saturated heterocycles. The van der Waals surface area contributed by atoms with Crippen LogP contribution < -0.4 is 4.72 Å². The third kappa shape index (κ3) is 4.39. The number of pyridine rings is 2. The highest BCUT2D eigenvalue weighted by Gasteiger charge is 2.36. The van der Waals surface area contributed by atoms with Crippen LogP contribution in [0.4, 0.5) is 23.4 Å². The van der Waals surface area contributed by atoms with Gasteiger partial charge in [-0.2, -0.15) is 26.0 Å². The molecule has 1 aliphatic carbocycles. The Hall–Kier alpha value is -3.01. The van der Waals surface area contributed by atoms with Gasteiger partial charge in [-0.3, -0.25) is 4.72 Å². The molecule has 2 aromatic heterocycles. The number of hydrogen-bond donors (Lipinski definition) is 1. The van der Waals surface area contributed by atoms with E-state index in [4.69, 9.17) is 0 Å². The molecule has 0 aliphatic heterocycles. The summed E-state index contributed by atoms with van der Waals surface area (Å²) in [4.78, 5) is 7.32. The molecule has 10 heteroatoms. The summed E-state index contributed by atoms with van der Waals surface area (Å²) in [7, 11) is -4.35. The van der Waals surface area contributed by atoms with Gasteiger partial charge in [0.25, 0.3) is 10.0 Å². The van der Waals surface area contributed by atoms with Crippen molar-refractivity contribution >= 4 is 15.8 Å². The minimum absolute atomic E-state index is 0.135. The number of rotatable bonds is 5. The molecule has 0 spiro atoms. The van der Waals surface area contributed by atoms with Gasteiger partial charge in [0.15, 0.2) is 5.03 Å². The number of sulfonamides is 1. The summed E-state index contributed by atoms with van der Waals surface area (Å²) in [5.41, 5.74) is -0.267. The van der Waals surface area contributed by atoms with Crippen molar-refractivity contribution in [3.05, 3.63) is 71.7 Å². The van der Waals surface area contributed by atoms with Crippen LogP contribution in [0.3, 0.4) is 0 Å². The van der Waals surface area contributed by atoms with E-state index in [9.17, 15) is 26.0 Å². The third-order valence-corrected chi connectivity index (χ3v) is 6.42. The van der Waals surface area contributed by atoms with E-state index in [-0.39, 0.29) is 17.4 Å². The fourth-order valence-electron chi connectivity index (χ4n) is 3.47. The molecular weight excluding hydrogens is 434 g/mol. The van der Waals surface area contributed by atoms with Gasteiger partial charge in [-0.15, -0.1) is 0 Å². The predicted molar refractivity (Wildman–Crippen MR) is 106 cm³/mol. The molecule has 0 atom stereocenters. The van der Waals surface area contributed by atoms with E-state index >= 15 is 0 Å². The highest BCUT2D eigenvalue weighted by Crippen LogP contribution is 2.44. The standard InChI is InChI=1S/C21H17F4N3O2S/c22-17-9-4-10-19(26-17)31(29,30)28-18-12-11-16(21(23,24)25)20(27-18)15-8-2-1-7-14(15)13-5-3-6-13/h1-2,4,7-13H,3,5-6H2,(H,27,28). The summed E-state index contributed by atoms with van der Waals surface area (Å²) in [6, 6.07) is 11.6. The molecule has 1 aromatic carbocycles. The lowest BCUT2D eigenvalue weighted by Crippen LogP contribution is -2.17. The van der Waals surface area contributed by atoms with Crippen LogP contribution in [0.15, 0.2) is 59.6 Å². The van der Waals surface area contributed by atoms with Crippen molar-refractivity contribution in [2.24, 2.45) is 0 Å². The maximum absolute atomic E-state index is 13.7. The van der Waals surface area contributed by atoms with E-state index in [1.54, 1.807) is 24.3 Å². The largest absolute Gasteiger partial charge is 0.418 e. The van der Waals surface area contributed by atoms with Crippen molar-refractivity contribution in [1.82, 2.24) is 9.97 Å². The molecule has 1 N–H and O–H groups in total. The van der Waals surface area contributed by atoms with E-state index < -0.39 is 32.7 Å². The van der Waals surface area contributed by atoms with Crippen LogP contribution >= 0.6 is 0 Å². The monoisotopic (exact) mass is 451 g/mol. The normalized spacial score (nSPS) is 14.8. The maximum Gasteiger partial charge on any atom is 0.418 e. The van der Waals surface area contributed by atoms with Gasteiger partial charge in [0.1, 0.15) is 5.82 Å². The predicted octanol–water partition coefficient (Wildman–Crippen LogP) is 5.37. The van der Waals surface area contributed by atoms with Gasteiger partial charge >= 0.3 is 6.18 Å². The Balaban J connectivity index is 1.80. The van der Waals surface area contributed by atoms with E-state index in [0.29, 0.717) is 5.56 Å².